The van der Waals surface area contributed by atoms with E-state index in [1.54, 1.807) is 0 Å². The number of aliphatic hydroxyl groups is 1. The van der Waals surface area contributed by atoms with E-state index in [1.807, 2.05) is 13.2 Å². The second kappa shape index (κ2) is 5.63. The molecule has 3 unspecified atom stereocenters. The molecule has 5 heteroatoms. The van der Waals surface area contributed by atoms with Crippen molar-refractivity contribution < 1.29 is 19.7 Å². The maximum Gasteiger partial charge on any atom is 0.165 e. The maximum absolute atomic E-state index is 12.0. The van der Waals surface area contributed by atoms with Crippen LogP contribution < -0.4 is 4.74 Å². The van der Waals surface area contributed by atoms with Gasteiger partial charge in [0, 0.05) is 42.5 Å². The lowest BCUT2D eigenvalue weighted by Crippen LogP contribution is -2.82. The molecular formula is C28H35NO4. The van der Waals surface area contributed by atoms with Crippen molar-refractivity contribution >= 4 is 0 Å². The number of benzene rings is 1. The van der Waals surface area contributed by atoms with Gasteiger partial charge in [-0.15, -0.1) is 0 Å². The number of aliphatic hydroxyl groups excluding tert-OH is 1. The highest BCUT2D eigenvalue weighted by molar-refractivity contribution is 5.65. The molecule has 1 saturated heterocycles. The fourth-order valence-electron chi connectivity index (χ4n) is 10.0. The Morgan fingerprint density at radius 2 is 2.03 bits per heavy atom. The van der Waals surface area contributed by atoms with Crippen molar-refractivity contribution in [3.63, 3.8) is 0 Å². The number of likely N-dealkylation sites (tertiary alicyclic amines) is 1. The Bertz CT molecular complexity index is 1110. The van der Waals surface area contributed by atoms with Gasteiger partial charge in [-0.25, -0.2) is 0 Å². The quantitative estimate of drug-likeness (QED) is 0.693. The Morgan fingerprint density at radius 1 is 1.21 bits per heavy atom. The van der Waals surface area contributed by atoms with Crippen molar-refractivity contribution in [3.8, 4) is 11.5 Å². The van der Waals surface area contributed by atoms with E-state index in [4.69, 9.17) is 9.47 Å². The van der Waals surface area contributed by atoms with Gasteiger partial charge in [-0.3, -0.25) is 4.90 Å². The lowest BCUT2D eigenvalue weighted by atomic mass is 9.34. The molecule has 5 nitrogen and oxygen atoms in total. The van der Waals surface area contributed by atoms with E-state index in [1.165, 1.54) is 30.5 Å². The molecule has 2 heterocycles. The van der Waals surface area contributed by atoms with Gasteiger partial charge in [0.1, 0.15) is 11.7 Å². The summed E-state index contributed by atoms with van der Waals surface area (Å²) < 4.78 is 13.3. The first-order chi connectivity index (χ1) is 15.8. The van der Waals surface area contributed by atoms with Crippen molar-refractivity contribution in [2.75, 3.05) is 20.2 Å². The monoisotopic (exact) mass is 449 g/mol. The fourth-order valence-corrected chi connectivity index (χ4v) is 10.0. The first kappa shape index (κ1) is 19.7. The molecule has 8 atom stereocenters. The summed E-state index contributed by atoms with van der Waals surface area (Å²) in [6, 6.07) is 4.32. The minimum absolute atomic E-state index is 0.130. The molecule has 4 fully saturated rings. The number of phenolic OH excluding ortho intramolecular Hbond substituents is 1. The Kier molecular flexibility index (Phi) is 3.37. The van der Waals surface area contributed by atoms with Crippen LogP contribution in [0, 0.1) is 28.6 Å². The molecule has 9 rings (SSSR count). The molecule has 6 aliphatic carbocycles. The third-order valence-electron chi connectivity index (χ3n) is 11.3. The lowest BCUT2D eigenvalue weighted by molar-refractivity contribution is -0.248. The van der Waals surface area contributed by atoms with Crippen LogP contribution in [-0.4, -0.2) is 59.2 Å². The Hall–Kier alpha value is -1.56. The summed E-state index contributed by atoms with van der Waals surface area (Å²) >= 11 is 0. The van der Waals surface area contributed by atoms with Gasteiger partial charge in [-0.05, 0) is 61.6 Å². The fraction of sp³-hybridized carbons (Fsp3) is 0.714. The molecule has 33 heavy (non-hydrogen) atoms. The van der Waals surface area contributed by atoms with E-state index >= 15 is 0 Å². The van der Waals surface area contributed by atoms with Gasteiger partial charge in [0.25, 0.3) is 0 Å². The van der Waals surface area contributed by atoms with Gasteiger partial charge in [-0.2, -0.15) is 0 Å². The SMILES string of the molecule is COC12C=C[C@]3(C4C1CC(C)(C)[C@@H]4O)[C@H]1Cc4ccc(O)c5c4[C@@]3(CCN1CC1CC1)[C@H]2O5. The standard InChI is InChI=1S/C28H35NO4/c1-25(2)13-17-21(23(25)31)26-8-9-28(17,32-3)24-27(26)10-11-29(14-15-4-5-15)19(26)12-16-6-7-18(30)22(33-24)20(16)27/h6-9,15,17,19,21,23-24,30-31H,4-5,10-14H2,1-3H3/t17?,19-,21?,23-,24-,26-,27+,28?/m1/s1. The van der Waals surface area contributed by atoms with Crippen molar-refractivity contribution in [1.29, 1.82) is 0 Å². The molecule has 2 N–H and O–H groups in total. The van der Waals surface area contributed by atoms with Gasteiger partial charge in [-0.1, -0.05) is 32.1 Å². The number of methoxy groups -OCH3 is 1. The number of ether oxygens (including phenoxy) is 2. The van der Waals surface area contributed by atoms with Crippen LogP contribution in [-0.2, 0) is 16.6 Å². The second-order valence-corrected chi connectivity index (χ2v) is 12.9. The topological polar surface area (TPSA) is 62.2 Å². The number of piperidine rings is 1. The molecule has 1 aromatic rings. The summed E-state index contributed by atoms with van der Waals surface area (Å²) in [5.41, 5.74) is 1.37. The van der Waals surface area contributed by atoms with E-state index in [0.717, 1.165) is 31.7 Å². The van der Waals surface area contributed by atoms with Gasteiger partial charge < -0.3 is 19.7 Å². The Balaban J connectivity index is 1.45. The predicted molar refractivity (Wildman–Crippen MR) is 123 cm³/mol. The van der Waals surface area contributed by atoms with Gasteiger partial charge in [0.05, 0.1) is 11.5 Å². The molecule has 0 radical (unpaired) electrons. The number of hydrogen-bond acceptors (Lipinski definition) is 5. The van der Waals surface area contributed by atoms with Crippen molar-refractivity contribution in [1.82, 2.24) is 4.90 Å². The first-order valence-electron chi connectivity index (χ1n) is 13.0. The zero-order valence-electron chi connectivity index (χ0n) is 19.9. The van der Waals surface area contributed by atoms with Crippen LogP contribution in [0.1, 0.15) is 50.7 Å². The molecule has 176 valence electrons. The number of nitrogens with zero attached hydrogens (tertiary/aromatic N) is 1. The van der Waals surface area contributed by atoms with Crippen LogP contribution in [0.3, 0.4) is 0 Å². The highest BCUT2D eigenvalue weighted by atomic mass is 16.6. The van der Waals surface area contributed by atoms with E-state index in [2.05, 4.69) is 37.0 Å². The van der Waals surface area contributed by atoms with E-state index in [-0.39, 0.29) is 46.0 Å². The molecule has 3 saturated carbocycles. The van der Waals surface area contributed by atoms with Crippen LogP contribution in [0.5, 0.6) is 11.5 Å². The molecule has 4 bridgehead atoms. The first-order valence-corrected chi connectivity index (χ1v) is 13.0. The van der Waals surface area contributed by atoms with Crippen molar-refractivity contribution in [2.24, 2.45) is 28.6 Å². The number of aromatic hydroxyl groups is 1. The van der Waals surface area contributed by atoms with E-state index < -0.39 is 5.60 Å². The smallest absolute Gasteiger partial charge is 0.165 e. The third-order valence-corrected chi connectivity index (χ3v) is 11.3. The normalized spacial score (nSPS) is 49.6. The molecule has 0 amide bonds. The zero-order valence-corrected chi connectivity index (χ0v) is 19.9. The van der Waals surface area contributed by atoms with Crippen molar-refractivity contribution in [2.45, 2.75) is 75.2 Å². The Morgan fingerprint density at radius 3 is 2.79 bits per heavy atom. The summed E-state index contributed by atoms with van der Waals surface area (Å²) in [4.78, 5) is 2.78. The van der Waals surface area contributed by atoms with Gasteiger partial charge in [0.15, 0.2) is 11.5 Å². The van der Waals surface area contributed by atoms with Crippen LogP contribution in [0.4, 0.5) is 0 Å². The Labute approximate surface area is 195 Å². The van der Waals surface area contributed by atoms with Crippen LogP contribution in [0.15, 0.2) is 24.3 Å². The molecule has 1 aromatic carbocycles. The molecular weight excluding hydrogens is 414 g/mol. The summed E-state index contributed by atoms with van der Waals surface area (Å²) in [5.74, 6) is 2.11. The van der Waals surface area contributed by atoms with Crippen molar-refractivity contribution in [3.05, 3.63) is 35.4 Å². The van der Waals surface area contributed by atoms with Crippen LogP contribution in [0.25, 0.3) is 0 Å². The predicted octanol–water partition coefficient (Wildman–Crippen LogP) is 3.41. The molecule has 2 spiro atoms. The largest absolute Gasteiger partial charge is 0.504 e. The number of phenols is 1. The highest BCUT2D eigenvalue weighted by Gasteiger charge is 2.84. The second-order valence-electron chi connectivity index (χ2n) is 12.9. The average molecular weight is 450 g/mol. The maximum atomic E-state index is 12.0. The summed E-state index contributed by atoms with van der Waals surface area (Å²) in [7, 11) is 1.82. The van der Waals surface area contributed by atoms with E-state index in [0.29, 0.717) is 11.8 Å². The van der Waals surface area contributed by atoms with Crippen LogP contribution >= 0.6 is 0 Å². The zero-order chi connectivity index (χ0) is 22.5. The molecule has 8 aliphatic rings. The number of rotatable bonds is 3. The minimum Gasteiger partial charge on any atom is -0.504 e. The highest BCUT2D eigenvalue weighted by Crippen LogP contribution is 2.79. The lowest BCUT2D eigenvalue weighted by Gasteiger charge is -2.73. The van der Waals surface area contributed by atoms with E-state index in [9.17, 15) is 10.2 Å². The third kappa shape index (κ3) is 1.88. The number of hydrogen-bond donors (Lipinski definition) is 2. The molecule has 0 aromatic heterocycles. The van der Waals surface area contributed by atoms with Gasteiger partial charge >= 0.3 is 0 Å². The molecule has 2 aliphatic heterocycles. The summed E-state index contributed by atoms with van der Waals surface area (Å²) in [5, 5.41) is 22.9. The minimum atomic E-state index is -0.579. The summed E-state index contributed by atoms with van der Waals surface area (Å²) in [6.07, 6.45) is 9.86. The van der Waals surface area contributed by atoms with Crippen LogP contribution in [0.2, 0.25) is 0 Å². The van der Waals surface area contributed by atoms with Gasteiger partial charge in [0.2, 0.25) is 0 Å². The average Bonchev–Trinajstić information content (AvgIpc) is 3.47. The summed E-state index contributed by atoms with van der Waals surface area (Å²) in [6.45, 7) is 6.70.